The average molecular weight is 473 g/mol. The molecule has 1 N–H and O–H groups in total. The van der Waals surface area contributed by atoms with E-state index in [1.54, 1.807) is 32.7 Å². The van der Waals surface area contributed by atoms with Crippen molar-refractivity contribution in [3.05, 3.63) is 53.3 Å². The van der Waals surface area contributed by atoms with Gasteiger partial charge in [-0.05, 0) is 45.2 Å². The molecule has 1 aromatic carbocycles. The number of hydrogen-bond acceptors (Lipinski definition) is 6. The number of nitrogens with zero attached hydrogens (tertiary/aromatic N) is 3. The predicted molar refractivity (Wildman–Crippen MR) is 127 cm³/mol. The molecule has 1 aliphatic heterocycles. The fourth-order valence-corrected chi connectivity index (χ4v) is 3.88. The molecule has 1 saturated heterocycles. The molecule has 1 aliphatic rings. The largest absolute Gasteiger partial charge is 0.481 e. The lowest BCUT2D eigenvalue weighted by Gasteiger charge is -2.28. The van der Waals surface area contributed by atoms with Gasteiger partial charge < -0.3 is 19.7 Å². The number of carbonyl (C=O) groups is 2. The molecule has 0 saturated carbocycles. The maximum absolute atomic E-state index is 14.9. The molecule has 2 aromatic rings. The molecule has 34 heavy (non-hydrogen) atoms. The van der Waals surface area contributed by atoms with E-state index >= 15 is 0 Å². The summed E-state index contributed by atoms with van der Waals surface area (Å²) >= 11 is 0. The lowest BCUT2D eigenvalue weighted by molar-refractivity contribution is -0.125. The molecule has 0 bridgehead atoms. The van der Waals surface area contributed by atoms with Crippen molar-refractivity contribution in [3.8, 4) is 5.88 Å². The van der Waals surface area contributed by atoms with Crippen LogP contribution in [0.25, 0.3) is 0 Å². The van der Waals surface area contributed by atoms with E-state index in [-0.39, 0.29) is 24.1 Å². The van der Waals surface area contributed by atoms with Crippen LogP contribution in [-0.2, 0) is 22.6 Å². The van der Waals surface area contributed by atoms with Crippen molar-refractivity contribution in [2.24, 2.45) is 0 Å². The molecular formula is C25H33FN4O4. The zero-order valence-electron chi connectivity index (χ0n) is 20.4. The number of methoxy groups -OCH3 is 1. The van der Waals surface area contributed by atoms with Crippen molar-refractivity contribution in [1.82, 2.24) is 15.2 Å². The summed E-state index contributed by atoms with van der Waals surface area (Å²) in [6, 6.07) is 10.4. The Bertz CT molecular complexity index is 1010. The minimum atomic E-state index is -0.646. The standard InChI is InChI=1S/C25H33FN4O4/c1-25(2,3)34-24(32)30-13-9-12-20(30)22(31)27-15-18-14-19(26)21(28-23(18)33-5)29(4)16-17-10-7-6-8-11-17/h6-8,10-11,14,20H,9,12-13,15-16H2,1-5H3,(H,27,31). The quantitative estimate of drug-likeness (QED) is 0.659. The van der Waals surface area contributed by atoms with Gasteiger partial charge in [0.15, 0.2) is 11.6 Å². The van der Waals surface area contributed by atoms with Crippen LogP contribution in [-0.4, -0.2) is 54.2 Å². The smallest absolute Gasteiger partial charge is 0.410 e. The van der Waals surface area contributed by atoms with Gasteiger partial charge in [-0.3, -0.25) is 9.69 Å². The molecule has 2 amide bonds. The summed E-state index contributed by atoms with van der Waals surface area (Å²) < 4.78 is 25.7. The zero-order chi connectivity index (χ0) is 24.9. The third kappa shape index (κ3) is 6.36. The summed E-state index contributed by atoms with van der Waals surface area (Å²) in [7, 11) is 3.21. The molecule has 1 atom stereocenters. The Hall–Kier alpha value is -3.36. The van der Waals surface area contributed by atoms with Crippen LogP contribution in [0.1, 0.15) is 44.7 Å². The van der Waals surface area contributed by atoms with Crippen LogP contribution in [0.5, 0.6) is 5.88 Å². The first-order valence-electron chi connectivity index (χ1n) is 11.3. The lowest BCUT2D eigenvalue weighted by Crippen LogP contribution is -2.47. The van der Waals surface area contributed by atoms with Crippen LogP contribution >= 0.6 is 0 Å². The molecule has 0 spiro atoms. The number of benzene rings is 1. The van der Waals surface area contributed by atoms with Crippen LogP contribution < -0.4 is 15.0 Å². The van der Waals surface area contributed by atoms with E-state index in [2.05, 4.69) is 10.3 Å². The first-order valence-corrected chi connectivity index (χ1v) is 11.3. The molecule has 1 aromatic heterocycles. The number of likely N-dealkylation sites (tertiary alicyclic amines) is 1. The maximum atomic E-state index is 14.9. The second-order valence-electron chi connectivity index (χ2n) is 9.35. The molecule has 1 fully saturated rings. The number of halogens is 1. The van der Waals surface area contributed by atoms with Gasteiger partial charge in [0.05, 0.1) is 7.11 Å². The highest BCUT2D eigenvalue weighted by molar-refractivity contribution is 5.86. The molecule has 2 heterocycles. The Morgan fingerprint density at radius 2 is 1.97 bits per heavy atom. The first-order chi connectivity index (χ1) is 16.1. The van der Waals surface area contributed by atoms with Crippen LogP contribution in [0.3, 0.4) is 0 Å². The third-order valence-corrected chi connectivity index (χ3v) is 5.45. The molecule has 8 nitrogen and oxygen atoms in total. The average Bonchev–Trinajstić information content (AvgIpc) is 3.27. The van der Waals surface area contributed by atoms with Crippen molar-refractivity contribution < 1.29 is 23.5 Å². The summed E-state index contributed by atoms with van der Waals surface area (Å²) in [5.74, 6) is -0.453. The van der Waals surface area contributed by atoms with Crippen LogP contribution in [0.15, 0.2) is 36.4 Å². The Morgan fingerprint density at radius 3 is 2.62 bits per heavy atom. The highest BCUT2D eigenvalue weighted by atomic mass is 19.1. The van der Waals surface area contributed by atoms with E-state index in [0.29, 0.717) is 31.5 Å². The minimum absolute atomic E-state index is 0.0211. The number of pyridine rings is 1. The van der Waals surface area contributed by atoms with E-state index < -0.39 is 23.6 Å². The van der Waals surface area contributed by atoms with Crippen molar-refractivity contribution in [1.29, 1.82) is 0 Å². The molecule has 1 unspecified atom stereocenters. The van der Waals surface area contributed by atoms with Gasteiger partial charge in [0.1, 0.15) is 11.6 Å². The molecule has 0 aliphatic carbocycles. The fraction of sp³-hybridized carbons (Fsp3) is 0.480. The number of ether oxygens (including phenoxy) is 2. The predicted octanol–water partition coefficient (Wildman–Crippen LogP) is 3.88. The topological polar surface area (TPSA) is 84.0 Å². The Labute approximate surface area is 200 Å². The summed E-state index contributed by atoms with van der Waals surface area (Å²) in [5.41, 5.74) is 0.784. The summed E-state index contributed by atoms with van der Waals surface area (Å²) in [5, 5.41) is 2.79. The normalized spacial score (nSPS) is 15.7. The number of nitrogens with one attached hydrogen (secondary N) is 1. The van der Waals surface area contributed by atoms with Crippen LogP contribution in [0.2, 0.25) is 0 Å². The SMILES string of the molecule is COc1nc(N(C)Cc2ccccc2)c(F)cc1CNC(=O)C1CCCN1C(=O)OC(C)(C)C. The second-order valence-corrected chi connectivity index (χ2v) is 9.35. The van der Waals surface area contributed by atoms with Gasteiger partial charge in [-0.25, -0.2) is 9.18 Å². The molecule has 0 radical (unpaired) electrons. The van der Waals surface area contributed by atoms with Gasteiger partial charge in [-0.1, -0.05) is 30.3 Å². The highest BCUT2D eigenvalue weighted by Crippen LogP contribution is 2.26. The number of anilines is 1. The Morgan fingerprint density at radius 1 is 1.26 bits per heavy atom. The Kier molecular flexibility index (Phi) is 7.96. The van der Waals surface area contributed by atoms with Gasteiger partial charge in [0, 0.05) is 32.2 Å². The summed E-state index contributed by atoms with van der Waals surface area (Å²) in [6.07, 6.45) is 0.735. The monoisotopic (exact) mass is 472 g/mol. The molecule has 9 heteroatoms. The third-order valence-electron chi connectivity index (χ3n) is 5.45. The van der Waals surface area contributed by atoms with Crippen molar-refractivity contribution >= 4 is 17.8 Å². The highest BCUT2D eigenvalue weighted by Gasteiger charge is 2.36. The van der Waals surface area contributed by atoms with Gasteiger partial charge in [-0.15, -0.1) is 0 Å². The van der Waals surface area contributed by atoms with E-state index in [1.807, 2.05) is 30.3 Å². The van der Waals surface area contributed by atoms with Gasteiger partial charge in [-0.2, -0.15) is 4.98 Å². The number of amides is 2. The van der Waals surface area contributed by atoms with E-state index in [0.717, 1.165) is 5.56 Å². The first kappa shape index (κ1) is 25.3. The lowest BCUT2D eigenvalue weighted by atomic mass is 10.2. The fourth-order valence-electron chi connectivity index (χ4n) is 3.88. The minimum Gasteiger partial charge on any atom is -0.481 e. The molecule has 184 valence electrons. The van der Waals surface area contributed by atoms with Gasteiger partial charge in [0.2, 0.25) is 11.8 Å². The van der Waals surface area contributed by atoms with E-state index in [1.165, 1.54) is 18.1 Å². The van der Waals surface area contributed by atoms with Crippen molar-refractivity contribution in [2.45, 2.75) is 58.3 Å². The van der Waals surface area contributed by atoms with E-state index in [4.69, 9.17) is 9.47 Å². The second kappa shape index (κ2) is 10.7. The van der Waals surface area contributed by atoms with Crippen LogP contribution in [0, 0.1) is 5.82 Å². The van der Waals surface area contributed by atoms with E-state index in [9.17, 15) is 14.0 Å². The number of rotatable bonds is 7. The number of hydrogen-bond donors (Lipinski definition) is 1. The van der Waals surface area contributed by atoms with Gasteiger partial charge in [0.25, 0.3) is 0 Å². The molecule has 3 rings (SSSR count). The maximum Gasteiger partial charge on any atom is 0.410 e. The number of aromatic nitrogens is 1. The molecular weight excluding hydrogens is 439 g/mol. The zero-order valence-corrected chi connectivity index (χ0v) is 20.4. The summed E-state index contributed by atoms with van der Waals surface area (Å²) in [4.78, 5) is 32.8. The summed E-state index contributed by atoms with van der Waals surface area (Å²) in [6.45, 7) is 6.30. The van der Waals surface area contributed by atoms with Gasteiger partial charge >= 0.3 is 6.09 Å². The van der Waals surface area contributed by atoms with Crippen molar-refractivity contribution in [2.75, 3.05) is 25.6 Å². The van der Waals surface area contributed by atoms with Crippen LogP contribution in [0.4, 0.5) is 15.0 Å². The number of carbonyl (C=O) groups excluding carboxylic acids is 2. The Balaban J connectivity index is 1.67. The van der Waals surface area contributed by atoms with Crippen molar-refractivity contribution in [3.63, 3.8) is 0 Å².